The number of alkyl halides is 5. The van der Waals surface area contributed by atoms with Gasteiger partial charge >= 0.3 is 11.9 Å². The molecule has 0 radical (unpaired) electrons. The minimum atomic E-state index is -4.62. The molecule has 3 amide bonds. The molecule has 1 aliphatic carbocycles. The molecule has 8 rings (SSSR count). The van der Waals surface area contributed by atoms with E-state index in [1.54, 1.807) is 61.3 Å². The summed E-state index contributed by atoms with van der Waals surface area (Å²) in [5.74, 6) is -4.18. The van der Waals surface area contributed by atoms with Crippen LogP contribution in [-0.4, -0.2) is 92.8 Å². The normalized spacial score (nSPS) is 19.9. The van der Waals surface area contributed by atoms with Crippen LogP contribution in [0.1, 0.15) is 79.6 Å². The summed E-state index contributed by atoms with van der Waals surface area (Å²) in [6, 6.07) is 10.5. The Hall–Kier alpha value is -5.85. The Kier molecular flexibility index (Phi) is 11.7. The highest BCUT2D eigenvalue weighted by Crippen LogP contribution is 2.37. The third-order valence-corrected chi connectivity index (χ3v) is 11.4. The Balaban J connectivity index is 0.000000181. The van der Waals surface area contributed by atoms with E-state index >= 15 is 0 Å². The van der Waals surface area contributed by atoms with E-state index in [4.69, 9.17) is 4.74 Å². The second kappa shape index (κ2) is 16.7. The van der Waals surface area contributed by atoms with Crippen molar-refractivity contribution in [3.8, 4) is 5.75 Å². The first-order valence-electron chi connectivity index (χ1n) is 19.7. The van der Waals surface area contributed by atoms with Gasteiger partial charge in [-0.2, -0.15) is 18.3 Å². The molecule has 1 saturated carbocycles. The summed E-state index contributed by atoms with van der Waals surface area (Å²) in [6.07, 6.45) is 3.72. The topological polar surface area (TPSA) is 149 Å². The van der Waals surface area contributed by atoms with E-state index < -0.39 is 53.9 Å². The number of imide groups is 1. The monoisotopic (exact) mass is 839 g/mol. The molecule has 2 atom stereocenters. The van der Waals surface area contributed by atoms with E-state index in [1.165, 1.54) is 41.6 Å². The molecule has 2 aromatic carbocycles. The number of imidazole rings is 1. The van der Waals surface area contributed by atoms with Crippen molar-refractivity contribution in [2.24, 2.45) is 7.05 Å². The molecule has 60 heavy (non-hydrogen) atoms. The van der Waals surface area contributed by atoms with Crippen LogP contribution in [0.5, 0.6) is 5.75 Å². The lowest BCUT2D eigenvalue weighted by Gasteiger charge is -2.42. The number of amides is 3. The number of rotatable bonds is 7. The van der Waals surface area contributed by atoms with Gasteiger partial charge in [-0.1, -0.05) is 31.4 Å². The van der Waals surface area contributed by atoms with Crippen molar-refractivity contribution in [3.05, 3.63) is 76.6 Å². The van der Waals surface area contributed by atoms with Gasteiger partial charge in [-0.3, -0.25) is 33.5 Å². The standard InChI is InChI=1S/C21H21F3N4O2.C20H25F2N5O3/c1-30-18-11-16-13(12-28(27-16)14-6-3-2-4-7-14)10-17(18)26-20(29)15-8-5-9-19(25-15)21(22,23)24;1-24(2)15-9-10-26(11-20(15,21)22)12-5-4-6-13-17(12)25(3)19(30)27(13)14-7-8-16(28)23-18(14)29/h5,8-12,14H,2-4,6-7H2,1H3,(H,26,29);4-6,14-15H,7-11H2,1-3H3,(H,23,28,29). The van der Waals surface area contributed by atoms with Gasteiger partial charge < -0.3 is 19.9 Å². The van der Waals surface area contributed by atoms with Crippen molar-refractivity contribution in [2.45, 2.75) is 81.6 Å². The maximum Gasteiger partial charge on any atom is 0.433 e. The van der Waals surface area contributed by atoms with Crippen LogP contribution in [0, 0.1) is 0 Å². The minimum Gasteiger partial charge on any atom is -0.494 e. The first-order chi connectivity index (χ1) is 28.5. The largest absolute Gasteiger partial charge is 0.494 e. The lowest BCUT2D eigenvalue weighted by Crippen LogP contribution is -2.56. The number of hydrogen-bond acceptors (Lipinski definition) is 9. The molecule has 5 aromatic rings. The van der Waals surface area contributed by atoms with Gasteiger partial charge in [0.15, 0.2) is 0 Å². The van der Waals surface area contributed by atoms with Gasteiger partial charge in [0.05, 0.1) is 53.7 Å². The van der Waals surface area contributed by atoms with E-state index in [0.717, 1.165) is 35.9 Å². The highest BCUT2D eigenvalue weighted by atomic mass is 19.4. The Morgan fingerprint density at radius 1 is 1.00 bits per heavy atom. The number of ether oxygens (including phenoxy) is 1. The van der Waals surface area contributed by atoms with E-state index in [2.05, 4.69) is 20.7 Å². The molecule has 2 saturated heterocycles. The highest BCUT2D eigenvalue weighted by molar-refractivity contribution is 6.05. The summed E-state index contributed by atoms with van der Waals surface area (Å²) in [7, 11) is 6.33. The number of halogens is 5. The molecular weight excluding hydrogens is 793 g/mol. The number of hydrogen-bond donors (Lipinski definition) is 2. The SMILES string of the molecule is CN(C)C1CCN(c2cccc3c2n(C)c(=O)n3C2CCC(=O)NC2=O)CC1(F)F.COc1cc2nn(C3CCCCC3)cc2cc1NC(=O)c1cccc(C(F)(F)F)n1. The van der Waals surface area contributed by atoms with Crippen LogP contribution >= 0.6 is 0 Å². The summed E-state index contributed by atoms with van der Waals surface area (Å²) in [6.45, 7) is -0.0257. The molecule has 5 heterocycles. The van der Waals surface area contributed by atoms with Gasteiger partial charge in [-0.25, -0.2) is 18.6 Å². The third-order valence-electron chi connectivity index (χ3n) is 11.4. The highest BCUT2D eigenvalue weighted by Gasteiger charge is 2.46. The molecule has 2 aliphatic heterocycles. The number of carbonyl (C=O) groups excluding carboxylic acids is 3. The molecule has 3 aliphatic rings. The number of anilines is 2. The van der Waals surface area contributed by atoms with E-state index in [0.29, 0.717) is 40.7 Å². The predicted molar refractivity (Wildman–Crippen MR) is 213 cm³/mol. The molecule has 3 fully saturated rings. The third kappa shape index (κ3) is 8.44. The van der Waals surface area contributed by atoms with Crippen LogP contribution in [-0.2, 0) is 22.8 Å². The molecular formula is C41H46F5N9O5. The van der Waals surface area contributed by atoms with Crippen molar-refractivity contribution in [3.63, 3.8) is 0 Å². The summed E-state index contributed by atoms with van der Waals surface area (Å²) in [4.78, 5) is 56.0. The Bertz CT molecular complexity index is 2490. The number of pyridine rings is 1. The van der Waals surface area contributed by atoms with Crippen LogP contribution in [0.4, 0.5) is 33.3 Å². The van der Waals surface area contributed by atoms with Crippen molar-refractivity contribution in [2.75, 3.05) is 44.5 Å². The van der Waals surface area contributed by atoms with Crippen LogP contribution < -0.4 is 26.0 Å². The Morgan fingerprint density at radius 3 is 2.40 bits per heavy atom. The Morgan fingerprint density at radius 2 is 1.73 bits per heavy atom. The fraction of sp³-hybridized carbons (Fsp3) is 0.463. The maximum atomic E-state index is 14.8. The van der Waals surface area contributed by atoms with Gasteiger partial charge in [0.25, 0.3) is 11.8 Å². The van der Waals surface area contributed by atoms with E-state index in [9.17, 15) is 41.1 Å². The number of aryl methyl sites for hydroxylation is 1. The lowest BCUT2D eigenvalue weighted by atomic mass is 9.96. The first-order valence-corrected chi connectivity index (χ1v) is 19.7. The van der Waals surface area contributed by atoms with Crippen LogP contribution in [0.25, 0.3) is 21.9 Å². The zero-order valence-electron chi connectivity index (χ0n) is 33.6. The maximum absolute atomic E-state index is 14.8. The average Bonchev–Trinajstić information content (AvgIpc) is 3.74. The fourth-order valence-corrected chi connectivity index (χ4v) is 8.45. The number of methoxy groups -OCH3 is 1. The summed E-state index contributed by atoms with van der Waals surface area (Å²) in [5, 5.41) is 10.3. The smallest absolute Gasteiger partial charge is 0.433 e. The number of aromatic nitrogens is 5. The van der Waals surface area contributed by atoms with E-state index in [1.807, 2.05) is 10.9 Å². The summed E-state index contributed by atoms with van der Waals surface area (Å²) in [5.41, 5.74) is 0.747. The van der Waals surface area contributed by atoms with Gasteiger partial charge in [-0.05, 0) is 70.1 Å². The van der Waals surface area contributed by atoms with Gasteiger partial charge in [0.1, 0.15) is 23.2 Å². The van der Waals surface area contributed by atoms with Gasteiger partial charge in [-0.15, -0.1) is 0 Å². The number of fused-ring (bicyclic) bond motifs is 2. The molecule has 14 nitrogen and oxygen atoms in total. The van der Waals surface area contributed by atoms with Crippen molar-refractivity contribution >= 4 is 51.0 Å². The zero-order chi connectivity index (χ0) is 43.1. The number of nitrogens with zero attached hydrogens (tertiary/aromatic N) is 7. The van der Waals surface area contributed by atoms with Gasteiger partial charge in [0, 0.05) is 37.7 Å². The number of carbonyl (C=O) groups is 3. The van der Waals surface area contributed by atoms with Crippen molar-refractivity contribution in [1.29, 1.82) is 0 Å². The van der Waals surface area contributed by atoms with Crippen LogP contribution in [0.3, 0.4) is 0 Å². The molecule has 0 spiro atoms. The molecule has 320 valence electrons. The number of piperidine rings is 2. The molecule has 19 heteroatoms. The summed E-state index contributed by atoms with van der Waals surface area (Å²) >= 11 is 0. The second-order valence-electron chi connectivity index (χ2n) is 15.6. The zero-order valence-corrected chi connectivity index (χ0v) is 33.6. The van der Waals surface area contributed by atoms with Crippen molar-refractivity contribution < 1.29 is 41.1 Å². The van der Waals surface area contributed by atoms with Crippen LogP contribution in [0.15, 0.2) is 59.5 Å². The lowest BCUT2D eigenvalue weighted by molar-refractivity contribution is -0.141. The second-order valence-corrected chi connectivity index (χ2v) is 15.6. The van der Waals surface area contributed by atoms with E-state index in [-0.39, 0.29) is 30.9 Å². The number of nitrogens with one attached hydrogen (secondary N) is 2. The van der Waals surface area contributed by atoms with Gasteiger partial charge in [0.2, 0.25) is 11.8 Å². The van der Waals surface area contributed by atoms with Crippen LogP contribution in [0.2, 0.25) is 0 Å². The minimum absolute atomic E-state index is 0.142. The fourth-order valence-electron chi connectivity index (χ4n) is 8.45. The number of benzene rings is 2. The molecule has 0 bridgehead atoms. The molecule has 3 aromatic heterocycles. The quantitative estimate of drug-likeness (QED) is 0.142. The molecule has 2 N–H and O–H groups in total. The number of para-hydroxylation sites is 1. The van der Waals surface area contributed by atoms with Crippen molar-refractivity contribution in [1.82, 2.24) is 34.1 Å². The predicted octanol–water partition coefficient (Wildman–Crippen LogP) is 6.31. The Labute approximate surface area is 341 Å². The first kappa shape index (κ1) is 42.3. The average molecular weight is 840 g/mol. The molecule has 2 unspecified atom stereocenters. The summed E-state index contributed by atoms with van der Waals surface area (Å²) < 4.78 is 78.3.